The van der Waals surface area contributed by atoms with E-state index in [0.29, 0.717) is 0 Å². The molecule has 70 valence electrons. The normalized spacial score (nSPS) is 12.3. The lowest BCUT2D eigenvalue weighted by atomic mass is 10.1. The van der Waals surface area contributed by atoms with Crippen LogP contribution in [0.5, 0.6) is 0 Å². The molecule has 13 heavy (non-hydrogen) atoms. The highest BCUT2D eigenvalue weighted by Gasteiger charge is 2.02. The molecule has 1 aromatic rings. The van der Waals surface area contributed by atoms with Crippen LogP contribution in [0.4, 0.5) is 0 Å². The summed E-state index contributed by atoms with van der Waals surface area (Å²) in [4.78, 5) is 0. The van der Waals surface area contributed by atoms with Crippen LogP contribution in [-0.2, 0) is 0 Å². The van der Waals surface area contributed by atoms with E-state index in [1.165, 1.54) is 5.56 Å². The molecule has 1 rings (SSSR count). The molecule has 0 aliphatic rings. The quantitative estimate of drug-likeness (QED) is 0.687. The van der Waals surface area contributed by atoms with E-state index < -0.39 is 6.10 Å². The zero-order valence-corrected chi connectivity index (χ0v) is 8.41. The monoisotopic (exact) mass is 176 g/mol. The molecule has 0 spiro atoms. The van der Waals surface area contributed by atoms with Gasteiger partial charge in [0.15, 0.2) is 0 Å². The van der Waals surface area contributed by atoms with Crippen molar-refractivity contribution in [1.82, 2.24) is 0 Å². The van der Waals surface area contributed by atoms with Crippen LogP contribution >= 0.6 is 0 Å². The van der Waals surface area contributed by atoms with E-state index in [1.807, 2.05) is 51.1 Å². The van der Waals surface area contributed by atoms with Crippen LogP contribution in [-0.4, -0.2) is 5.11 Å². The number of rotatable bonds is 2. The Labute approximate surface area is 79.7 Å². The van der Waals surface area contributed by atoms with E-state index in [2.05, 4.69) is 0 Å². The van der Waals surface area contributed by atoms with Crippen LogP contribution in [0.1, 0.15) is 31.1 Å². The molecule has 1 atom stereocenters. The highest BCUT2D eigenvalue weighted by molar-refractivity contribution is 5.26. The first-order valence-corrected chi connectivity index (χ1v) is 4.49. The Kier molecular flexibility index (Phi) is 3.26. The van der Waals surface area contributed by atoms with Crippen molar-refractivity contribution in [3.05, 3.63) is 47.0 Å². The van der Waals surface area contributed by atoms with Crippen molar-refractivity contribution in [3.63, 3.8) is 0 Å². The minimum atomic E-state index is -0.467. The summed E-state index contributed by atoms with van der Waals surface area (Å²) in [6.45, 7) is 6.01. The first-order chi connectivity index (χ1) is 6.09. The topological polar surface area (TPSA) is 20.2 Å². The van der Waals surface area contributed by atoms with Gasteiger partial charge in [0.1, 0.15) is 0 Å². The molecule has 1 unspecified atom stereocenters. The van der Waals surface area contributed by atoms with Crippen LogP contribution in [0.15, 0.2) is 35.9 Å². The number of aryl methyl sites for hydroxylation is 1. The Bertz CT molecular complexity index is 291. The molecule has 0 aliphatic carbocycles. The number of hydrogen-bond acceptors (Lipinski definition) is 1. The molecular weight excluding hydrogens is 160 g/mol. The minimum Gasteiger partial charge on any atom is -0.384 e. The van der Waals surface area contributed by atoms with Gasteiger partial charge in [-0.3, -0.25) is 0 Å². The van der Waals surface area contributed by atoms with Gasteiger partial charge in [0.05, 0.1) is 6.10 Å². The van der Waals surface area contributed by atoms with Gasteiger partial charge in [-0.2, -0.15) is 0 Å². The van der Waals surface area contributed by atoms with Crippen LogP contribution in [0, 0.1) is 6.92 Å². The Hall–Kier alpha value is -1.08. The molecule has 0 saturated carbocycles. The number of aliphatic hydroxyl groups is 1. The molecular formula is C12H16O. The molecule has 0 aromatic heterocycles. The largest absolute Gasteiger partial charge is 0.384 e. The summed E-state index contributed by atoms with van der Waals surface area (Å²) in [5, 5.41) is 9.71. The van der Waals surface area contributed by atoms with E-state index in [9.17, 15) is 5.11 Å². The second kappa shape index (κ2) is 4.24. The summed E-state index contributed by atoms with van der Waals surface area (Å²) in [5.74, 6) is 0. The summed E-state index contributed by atoms with van der Waals surface area (Å²) in [6, 6.07) is 7.94. The third-order valence-corrected chi connectivity index (χ3v) is 1.91. The van der Waals surface area contributed by atoms with Gasteiger partial charge in [0.25, 0.3) is 0 Å². The maximum absolute atomic E-state index is 9.71. The van der Waals surface area contributed by atoms with Crippen LogP contribution in [0.2, 0.25) is 0 Å². The molecule has 0 bridgehead atoms. The van der Waals surface area contributed by atoms with E-state index >= 15 is 0 Å². The van der Waals surface area contributed by atoms with Gasteiger partial charge in [-0.25, -0.2) is 0 Å². The van der Waals surface area contributed by atoms with Crippen LogP contribution in [0.25, 0.3) is 0 Å². The van der Waals surface area contributed by atoms with Crippen LogP contribution in [0.3, 0.4) is 0 Å². The van der Waals surface area contributed by atoms with Gasteiger partial charge in [-0.15, -0.1) is 0 Å². The second-order valence-electron chi connectivity index (χ2n) is 3.60. The van der Waals surface area contributed by atoms with E-state index in [-0.39, 0.29) is 0 Å². The van der Waals surface area contributed by atoms with Gasteiger partial charge in [-0.05, 0) is 26.3 Å². The van der Waals surface area contributed by atoms with E-state index in [4.69, 9.17) is 0 Å². The smallest absolute Gasteiger partial charge is 0.0974 e. The fourth-order valence-corrected chi connectivity index (χ4v) is 1.18. The fraction of sp³-hybridized carbons (Fsp3) is 0.333. The molecule has 1 heteroatoms. The van der Waals surface area contributed by atoms with Gasteiger partial charge in [-0.1, -0.05) is 41.5 Å². The highest BCUT2D eigenvalue weighted by atomic mass is 16.3. The Morgan fingerprint density at radius 3 is 2.23 bits per heavy atom. The summed E-state index contributed by atoms with van der Waals surface area (Å²) >= 11 is 0. The van der Waals surface area contributed by atoms with E-state index in [0.717, 1.165) is 11.1 Å². The standard InChI is InChI=1S/C12H16O/c1-9(2)8-12(13)11-6-4-10(3)5-7-11/h4-8,12-13H,1-3H3. The van der Waals surface area contributed by atoms with Gasteiger partial charge in [0, 0.05) is 0 Å². The van der Waals surface area contributed by atoms with Gasteiger partial charge < -0.3 is 5.11 Å². The summed E-state index contributed by atoms with van der Waals surface area (Å²) in [6.07, 6.45) is 1.38. The predicted molar refractivity (Wildman–Crippen MR) is 55.6 cm³/mol. The lowest BCUT2D eigenvalue weighted by molar-refractivity contribution is 0.227. The van der Waals surface area contributed by atoms with Crippen molar-refractivity contribution in [2.24, 2.45) is 0 Å². The SMILES string of the molecule is CC(C)=CC(O)c1ccc(C)cc1. The second-order valence-corrected chi connectivity index (χ2v) is 3.60. The maximum Gasteiger partial charge on any atom is 0.0974 e. The zero-order valence-electron chi connectivity index (χ0n) is 8.41. The number of allylic oxidation sites excluding steroid dienone is 1. The molecule has 1 nitrogen and oxygen atoms in total. The molecule has 1 N–H and O–H groups in total. The molecule has 0 saturated heterocycles. The molecule has 0 amide bonds. The van der Waals surface area contributed by atoms with Crippen molar-refractivity contribution in [2.75, 3.05) is 0 Å². The first-order valence-electron chi connectivity index (χ1n) is 4.49. The summed E-state index contributed by atoms with van der Waals surface area (Å²) in [7, 11) is 0. The Morgan fingerprint density at radius 1 is 1.23 bits per heavy atom. The molecule has 0 aliphatic heterocycles. The molecule has 0 radical (unpaired) electrons. The third kappa shape index (κ3) is 3.03. The summed E-state index contributed by atoms with van der Waals surface area (Å²) < 4.78 is 0. The molecule has 0 heterocycles. The fourth-order valence-electron chi connectivity index (χ4n) is 1.18. The lowest BCUT2D eigenvalue weighted by Gasteiger charge is -2.06. The maximum atomic E-state index is 9.71. The van der Waals surface area contributed by atoms with Crippen molar-refractivity contribution in [1.29, 1.82) is 0 Å². The highest BCUT2D eigenvalue weighted by Crippen LogP contribution is 2.16. The lowest BCUT2D eigenvalue weighted by Crippen LogP contribution is -1.93. The third-order valence-electron chi connectivity index (χ3n) is 1.91. The number of aliphatic hydroxyl groups excluding tert-OH is 1. The number of benzene rings is 1. The Morgan fingerprint density at radius 2 is 1.77 bits per heavy atom. The van der Waals surface area contributed by atoms with E-state index in [1.54, 1.807) is 0 Å². The van der Waals surface area contributed by atoms with Gasteiger partial charge >= 0.3 is 0 Å². The Balaban J connectivity index is 2.83. The zero-order chi connectivity index (χ0) is 9.84. The van der Waals surface area contributed by atoms with Crippen molar-refractivity contribution in [2.45, 2.75) is 26.9 Å². The predicted octanol–water partition coefficient (Wildman–Crippen LogP) is 2.99. The van der Waals surface area contributed by atoms with Crippen LogP contribution < -0.4 is 0 Å². The molecule has 0 fully saturated rings. The minimum absolute atomic E-state index is 0.467. The molecule has 1 aromatic carbocycles. The summed E-state index contributed by atoms with van der Waals surface area (Å²) in [5.41, 5.74) is 3.30. The van der Waals surface area contributed by atoms with Crippen molar-refractivity contribution >= 4 is 0 Å². The van der Waals surface area contributed by atoms with Crippen molar-refractivity contribution in [3.8, 4) is 0 Å². The average Bonchev–Trinajstić information content (AvgIpc) is 2.04. The number of hydrogen-bond donors (Lipinski definition) is 1. The van der Waals surface area contributed by atoms with Crippen molar-refractivity contribution < 1.29 is 5.11 Å². The average molecular weight is 176 g/mol. The first kappa shape index (κ1) is 10.0. The van der Waals surface area contributed by atoms with Gasteiger partial charge in [0.2, 0.25) is 0 Å².